The lowest BCUT2D eigenvalue weighted by Gasteiger charge is -2.13. The number of carbonyl (C=O) groups excluding carboxylic acids is 1. The molecule has 0 unspecified atom stereocenters. The van der Waals surface area contributed by atoms with Gasteiger partial charge in [-0.2, -0.15) is 0 Å². The summed E-state index contributed by atoms with van der Waals surface area (Å²) in [7, 11) is 0. The summed E-state index contributed by atoms with van der Waals surface area (Å²) in [6.45, 7) is 3.57. The third-order valence-corrected chi connectivity index (χ3v) is 0.788. The second-order valence-corrected chi connectivity index (χ2v) is 1.49. The molecule has 1 fully saturated rings. The van der Waals surface area contributed by atoms with Crippen LogP contribution in [0, 0.1) is 0 Å². The normalized spacial score (nSPS) is 19.5. The minimum absolute atomic E-state index is 0.0441. The maximum Gasteiger partial charge on any atom is 0.272 e. The zero-order valence-electron chi connectivity index (χ0n) is 4.35. The molecule has 8 heavy (non-hydrogen) atoms. The first-order valence-electron chi connectivity index (χ1n) is 2.25. The zero-order valence-corrected chi connectivity index (χ0v) is 4.35. The zero-order chi connectivity index (χ0) is 5.98. The molecule has 1 aliphatic rings. The smallest absolute Gasteiger partial charge is 0.272 e. The molecule has 0 aromatic carbocycles. The minimum Gasteiger partial charge on any atom is -0.458 e. The van der Waals surface area contributed by atoms with Gasteiger partial charge >= 0.3 is 0 Å². The number of rotatable bonds is 0. The van der Waals surface area contributed by atoms with Crippen molar-refractivity contribution in [1.82, 2.24) is 0 Å². The van der Waals surface area contributed by atoms with E-state index in [-0.39, 0.29) is 24.9 Å². The predicted octanol–water partition coefficient (Wildman–Crippen LogP) is 0.0735. The van der Waals surface area contributed by atoms with Gasteiger partial charge in [0.15, 0.2) is 13.2 Å². The van der Waals surface area contributed by atoms with Gasteiger partial charge in [0.1, 0.15) is 0 Å². The van der Waals surface area contributed by atoms with E-state index in [1.807, 2.05) is 0 Å². The van der Waals surface area contributed by atoms with Crippen LogP contribution in [0.25, 0.3) is 0 Å². The molecule has 44 valence electrons. The van der Waals surface area contributed by atoms with E-state index in [4.69, 9.17) is 0 Å². The highest BCUT2D eigenvalue weighted by molar-refractivity contribution is 5.81. The van der Waals surface area contributed by atoms with Crippen LogP contribution in [-0.4, -0.2) is 19.0 Å². The summed E-state index contributed by atoms with van der Waals surface area (Å²) in [5, 5.41) is 0. The van der Waals surface area contributed by atoms with Gasteiger partial charge in [-0.15, -0.1) is 0 Å². The van der Waals surface area contributed by atoms with Gasteiger partial charge in [-0.05, 0) is 6.58 Å². The average molecular weight is 114 g/mol. The standard InChI is InChI=1S/C5H6O3/c1-4-7-2-5(6)3-8-4/h1-3H2. The number of hydrogen-bond acceptors (Lipinski definition) is 3. The van der Waals surface area contributed by atoms with Crippen LogP contribution in [0.2, 0.25) is 0 Å². The Hall–Kier alpha value is -0.990. The number of carbonyl (C=O) groups is 1. The Morgan fingerprint density at radius 1 is 1.38 bits per heavy atom. The lowest BCUT2D eigenvalue weighted by Crippen LogP contribution is -2.21. The number of ether oxygens (including phenoxy) is 2. The summed E-state index contributed by atoms with van der Waals surface area (Å²) in [6.07, 6.45) is 0. The molecule has 1 aliphatic heterocycles. The summed E-state index contributed by atoms with van der Waals surface area (Å²) in [4.78, 5) is 10.3. The molecule has 0 aromatic rings. The SMILES string of the molecule is C=C1OCC(=O)CO1. The van der Waals surface area contributed by atoms with E-state index >= 15 is 0 Å². The third kappa shape index (κ3) is 0.992. The van der Waals surface area contributed by atoms with E-state index in [0.717, 1.165) is 0 Å². The number of Topliss-reactive ketones (excluding diaryl/α,β-unsaturated/α-hetero) is 1. The van der Waals surface area contributed by atoms with Crippen molar-refractivity contribution >= 4 is 5.78 Å². The third-order valence-electron chi connectivity index (χ3n) is 0.788. The van der Waals surface area contributed by atoms with Crippen molar-refractivity contribution in [3.8, 4) is 0 Å². The van der Waals surface area contributed by atoms with Gasteiger partial charge in [0.2, 0.25) is 5.78 Å². The quantitative estimate of drug-likeness (QED) is 0.447. The molecule has 0 spiro atoms. The molecular weight excluding hydrogens is 108 g/mol. The molecule has 3 nitrogen and oxygen atoms in total. The van der Waals surface area contributed by atoms with Crippen molar-refractivity contribution in [2.24, 2.45) is 0 Å². The fourth-order valence-electron chi connectivity index (χ4n) is 0.405. The maximum absolute atomic E-state index is 10.3. The van der Waals surface area contributed by atoms with Crippen molar-refractivity contribution in [1.29, 1.82) is 0 Å². The van der Waals surface area contributed by atoms with Crippen molar-refractivity contribution in [3.05, 3.63) is 12.5 Å². The Kier molecular flexibility index (Phi) is 1.20. The summed E-state index contributed by atoms with van der Waals surface area (Å²) >= 11 is 0. The Balaban J connectivity index is 2.40. The molecule has 0 aromatic heterocycles. The van der Waals surface area contributed by atoms with Crippen LogP contribution in [-0.2, 0) is 14.3 Å². The summed E-state index contributed by atoms with van der Waals surface area (Å²) < 4.78 is 9.25. The van der Waals surface area contributed by atoms with E-state index in [2.05, 4.69) is 16.1 Å². The molecular formula is C5H6O3. The molecule has 0 atom stereocenters. The highest BCUT2D eigenvalue weighted by atomic mass is 16.7. The van der Waals surface area contributed by atoms with Gasteiger partial charge in [-0.3, -0.25) is 4.79 Å². The maximum atomic E-state index is 10.3. The molecule has 0 aliphatic carbocycles. The lowest BCUT2D eigenvalue weighted by atomic mass is 10.4. The van der Waals surface area contributed by atoms with Crippen molar-refractivity contribution in [2.75, 3.05) is 13.2 Å². The first-order chi connectivity index (χ1) is 3.79. The lowest BCUT2D eigenvalue weighted by molar-refractivity contribution is -0.136. The first kappa shape index (κ1) is 5.15. The van der Waals surface area contributed by atoms with Crippen LogP contribution in [0.15, 0.2) is 12.5 Å². The summed E-state index contributed by atoms with van der Waals surface area (Å²) in [6, 6.07) is 0. The topological polar surface area (TPSA) is 35.5 Å². The van der Waals surface area contributed by atoms with E-state index in [0.29, 0.717) is 0 Å². The first-order valence-corrected chi connectivity index (χ1v) is 2.25. The summed E-state index contributed by atoms with van der Waals surface area (Å²) in [5.74, 6) is 0.196. The van der Waals surface area contributed by atoms with Gasteiger partial charge in [-0.25, -0.2) is 0 Å². The fourth-order valence-corrected chi connectivity index (χ4v) is 0.405. The predicted molar refractivity (Wildman–Crippen MR) is 26.1 cm³/mol. The monoisotopic (exact) mass is 114 g/mol. The van der Waals surface area contributed by atoms with Crippen molar-refractivity contribution in [2.45, 2.75) is 0 Å². The molecule has 0 saturated carbocycles. The van der Waals surface area contributed by atoms with Crippen LogP contribution in [0.4, 0.5) is 0 Å². The largest absolute Gasteiger partial charge is 0.458 e. The molecule has 0 N–H and O–H groups in total. The molecule has 1 saturated heterocycles. The van der Waals surface area contributed by atoms with E-state index in [1.165, 1.54) is 0 Å². The van der Waals surface area contributed by atoms with E-state index < -0.39 is 0 Å². The second kappa shape index (κ2) is 1.86. The number of ketones is 1. The van der Waals surface area contributed by atoms with Gasteiger partial charge in [-0.1, -0.05) is 0 Å². The van der Waals surface area contributed by atoms with Gasteiger partial charge < -0.3 is 9.47 Å². The number of hydrogen-bond donors (Lipinski definition) is 0. The van der Waals surface area contributed by atoms with Crippen LogP contribution in [0.1, 0.15) is 0 Å². The Labute approximate surface area is 46.9 Å². The van der Waals surface area contributed by atoms with Crippen LogP contribution in [0.3, 0.4) is 0 Å². The Morgan fingerprint density at radius 3 is 2.25 bits per heavy atom. The Bertz CT molecular complexity index is 99.6. The van der Waals surface area contributed by atoms with Gasteiger partial charge in [0, 0.05) is 0 Å². The molecule has 1 heterocycles. The molecule has 0 radical (unpaired) electrons. The minimum atomic E-state index is -0.0441. The second-order valence-electron chi connectivity index (χ2n) is 1.49. The van der Waals surface area contributed by atoms with Gasteiger partial charge in [0.25, 0.3) is 5.95 Å². The van der Waals surface area contributed by atoms with Gasteiger partial charge in [0.05, 0.1) is 0 Å². The molecule has 0 amide bonds. The molecule has 1 rings (SSSR count). The van der Waals surface area contributed by atoms with Crippen LogP contribution >= 0.6 is 0 Å². The van der Waals surface area contributed by atoms with Crippen LogP contribution < -0.4 is 0 Å². The fraction of sp³-hybridized carbons (Fsp3) is 0.400. The highest BCUT2D eigenvalue weighted by Crippen LogP contribution is 2.01. The Morgan fingerprint density at radius 2 is 1.88 bits per heavy atom. The average Bonchev–Trinajstić information content (AvgIpc) is 1.77. The van der Waals surface area contributed by atoms with E-state index in [1.54, 1.807) is 0 Å². The molecule has 0 bridgehead atoms. The molecule has 3 heteroatoms. The van der Waals surface area contributed by atoms with Crippen molar-refractivity contribution < 1.29 is 14.3 Å². The van der Waals surface area contributed by atoms with Crippen molar-refractivity contribution in [3.63, 3.8) is 0 Å². The highest BCUT2D eigenvalue weighted by Gasteiger charge is 2.11. The summed E-state index contributed by atoms with van der Waals surface area (Å²) in [5.41, 5.74) is 0. The van der Waals surface area contributed by atoms with E-state index in [9.17, 15) is 4.79 Å². The van der Waals surface area contributed by atoms with Crippen LogP contribution in [0.5, 0.6) is 0 Å².